The first-order valence-electron chi connectivity index (χ1n) is 10.2. The van der Waals surface area contributed by atoms with Gasteiger partial charge in [0.25, 0.3) is 0 Å². The van der Waals surface area contributed by atoms with Gasteiger partial charge in [-0.05, 0) is 37.5 Å². The van der Waals surface area contributed by atoms with Crippen LogP contribution in [0.4, 0.5) is 5.82 Å². The van der Waals surface area contributed by atoms with Crippen LogP contribution in [-0.4, -0.2) is 39.3 Å². The van der Waals surface area contributed by atoms with Crippen molar-refractivity contribution in [2.24, 2.45) is 11.8 Å². The molecule has 1 saturated heterocycles. The van der Waals surface area contributed by atoms with Crippen molar-refractivity contribution in [2.45, 2.75) is 57.9 Å². The molecule has 148 valence electrons. The topological polar surface area (TPSA) is 108 Å². The monoisotopic (exact) mass is 375 g/mol. The van der Waals surface area contributed by atoms with E-state index in [-0.39, 0.29) is 17.5 Å². The van der Waals surface area contributed by atoms with E-state index in [9.17, 15) is 4.79 Å². The minimum absolute atomic E-state index is 0.188. The Morgan fingerprint density at radius 1 is 1.11 bits per heavy atom. The average Bonchev–Trinajstić information content (AvgIpc) is 3.43. The van der Waals surface area contributed by atoms with Gasteiger partial charge in [-0.1, -0.05) is 25.7 Å². The number of fused-ring (bicyclic) bond motifs is 1. The van der Waals surface area contributed by atoms with Gasteiger partial charge in [-0.2, -0.15) is 9.97 Å². The summed E-state index contributed by atoms with van der Waals surface area (Å²) in [5.41, 5.74) is 6.86. The number of anilines is 1. The van der Waals surface area contributed by atoms with Gasteiger partial charge in [0.15, 0.2) is 11.5 Å². The summed E-state index contributed by atoms with van der Waals surface area (Å²) in [4.78, 5) is 23.7. The van der Waals surface area contributed by atoms with E-state index in [1.807, 2.05) is 0 Å². The molecule has 0 unspecified atom stereocenters. The summed E-state index contributed by atoms with van der Waals surface area (Å²) in [6, 6.07) is 0.260. The third kappa shape index (κ3) is 4.61. The van der Waals surface area contributed by atoms with E-state index in [0.29, 0.717) is 24.3 Å². The van der Waals surface area contributed by atoms with Crippen molar-refractivity contribution in [2.75, 3.05) is 25.6 Å². The number of nitrogens with zero attached hydrogens (tertiary/aromatic N) is 3. The van der Waals surface area contributed by atoms with E-state index in [2.05, 4.69) is 15.0 Å². The van der Waals surface area contributed by atoms with Gasteiger partial charge in [-0.25, -0.2) is 4.79 Å². The van der Waals surface area contributed by atoms with E-state index >= 15 is 0 Å². The molecule has 0 amide bonds. The first-order valence-corrected chi connectivity index (χ1v) is 10.2. The lowest BCUT2D eigenvalue weighted by Crippen LogP contribution is -2.18. The number of hydrogen-bond donors (Lipinski definition) is 2. The Bertz CT molecular complexity index is 821. The number of aromatic nitrogens is 4. The quantitative estimate of drug-likeness (QED) is 0.652. The SMILES string of the molecule is Nc1nc(OCCC2CC2)nc2c1[nH]c(=O)n2CCCCC1CCOCC1. The van der Waals surface area contributed by atoms with Gasteiger partial charge in [0.05, 0.1) is 6.61 Å². The predicted octanol–water partition coefficient (Wildman–Crippen LogP) is 2.48. The second-order valence-corrected chi connectivity index (χ2v) is 7.80. The number of unbranched alkanes of at least 4 members (excludes halogenated alkanes) is 1. The molecule has 0 aromatic carbocycles. The highest BCUT2D eigenvalue weighted by molar-refractivity contribution is 5.81. The highest BCUT2D eigenvalue weighted by Gasteiger charge is 2.21. The van der Waals surface area contributed by atoms with E-state index in [1.54, 1.807) is 4.57 Å². The van der Waals surface area contributed by atoms with E-state index in [4.69, 9.17) is 15.2 Å². The van der Waals surface area contributed by atoms with E-state index in [1.165, 1.54) is 19.3 Å². The highest BCUT2D eigenvalue weighted by Crippen LogP contribution is 2.32. The molecule has 1 aliphatic carbocycles. The van der Waals surface area contributed by atoms with Gasteiger partial charge >= 0.3 is 11.7 Å². The molecular formula is C19H29N5O3. The van der Waals surface area contributed by atoms with Crippen molar-refractivity contribution in [1.82, 2.24) is 19.5 Å². The van der Waals surface area contributed by atoms with Crippen molar-refractivity contribution in [3.05, 3.63) is 10.5 Å². The fourth-order valence-corrected chi connectivity index (χ4v) is 3.76. The zero-order valence-corrected chi connectivity index (χ0v) is 15.8. The lowest BCUT2D eigenvalue weighted by Gasteiger charge is -2.21. The van der Waals surface area contributed by atoms with Crippen molar-refractivity contribution in [3.8, 4) is 6.01 Å². The minimum Gasteiger partial charge on any atom is -0.463 e. The van der Waals surface area contributed by atoms with Crippen LogP contribution in [0, 0.1) is 11.8 Å². The number of nitrogens with one attached hydrogen (secondary N) is 1. The van der Waals surface area contributed by atoms with E-state index in [0.717, 1.165) is 57.2 Å². The molecule has 2 fully saturated rings. The Labute approximate surface area is 158 Å². The van der Waals surface area contributed by atoms with Gasteiger partial charge in [0.1, 0.15) is 5.52 Å². The van der Waals surface area contributed by atoms with Gasteiger partial charge in [0.2, 0.25) is 0 Å². The van der Waals surface area contributed by atoms with Crippen LogP contribution in [0.5, 0.6) is 6.01 Å². The molecular weight excluding hydrogens is 346 g/mol. The largest absolute Gasteiger partial charge is 0.463 e. The van der Waals surface area contributed by atoms with Crippen LogP contribution in [0.25, 0.3) is 11.2 Å². The number of imidazole rings is 1. The fourth-order valence-electron chi connectivity index (χ4n) is 3.76. The Morgan fingerprint density at radius 2 is 1.89 bits per heavy atom. The molecule has 3 N–H and O–H groups in total. The van der Waals surface area contributed by atoms with Crippen LogP contribution >= 0.6 is 0 Å². The van der Waals surface area contributed by atoms with Crippen molar-refractivity contribution in [3.63, 3.8) is 0 Å². The van der Waals surface area contributed by atoms with Crippen LogP contribution in [0.2, 0.25) is 0 Å². The maximum atomic E-state index is 12.3. The molecule has 8 heteroatoms. The molecule has 4 rings (SSSR count). The van der Waals surface area contributed by atoms with Crippen molar-refractivity contribution < 1.29 is 9.47 Å². The van der Waals surface area contributed by atoms with Gasteiger partial charge in [-0.15, -0.1) is 0 Å². The number of aryl methyl sites for hydroxylation is 1. The highest BCUT2D eigenvalue weighted by atomic mass is 16.5. The first kappa shape index (κ1) is 18.3. The van der Waals surface area contributed by atoms with Gasteiger partial charge in [0, 0.05) is 19.8 Å². The first-order chi connectivity index (χ1) is 13.2. The normalized spacial score (nSPS) is 18.2. The second-order valence-electron chi connectivity index (χ2n) is 7.80. The van der Waals surface area contributed by atoms with E-state index < -0.39 is 0 Å². The molecule has 27 heavy (non-hydrogen) atoms. The van der Waals surface area contributed by atoms with Crippen LogP contribution in [-0.2, 0) is 11.3 Å². The lowest BCUT2D eigenvalue weighted by atomic mass is 9.94. The zero-order valence-electron chi connectivity index (χ0n) is 15.8. The Hall–Kier alpha value is -2.09. The molecule has 2 aromatic heterocycles. The van der Waals surface area contributed by atoms with Crippen LogP contribution < -0.4 is 16.2 Å². The van der Waals surface area contributed by atoms with Gasteiger partial charge < -0.3 is 20.2 Å². The van der Waals surface area contributed by atoms with Crippen LogP contribution in [0.3, 0.4) is 0 Å². The molecule has 0 atom stereocenters. The number of rotatable bonds is 9. The third-order valence-electron chi connectivity index (χ3n) is 5.67. The summed E-state index contributed by atoms with van der Waals surface area (Å²) < 4.78 is 12.7. The maximum absolute atomic E-state index is 12.3. The molecule has 0 spiro atoms. The number of H-pyrrole nitrogens is 1. The fraction of sp³-hybridized carbons (Fsp3) is 0.737. The summed E-state index contributed by atoms with van der Waals surface area (Å²) in [6.07, 6.45) is 9.12. The zero-order chi connectivity index (χ0) is 18.6. The molecule has 0 radical (unpaired) electrons. The second kappa shape index (κ2) is 8.29. The number of ether oxygens (including phenoxy) is 2. The molecule has 2 aromatic rings. The standard InChI is InChI=1S/C19H29N5O3/c20-16-15-17(23-18(22-16)27-12-8-14-4-5-14)24(19(25)21-15)9-2-1-3-13-6-10-26-11-7-13/h13-14H,1-12H2,(H,21,25)(H2,20,22,23). The predicted molar refractivity (Wildman–Crippen MR) is 103 cm³/mol. The summed E-state index contributed by atoms with van der Waals surface area (Å²) in [7, 11) is 0. The Balaban J connectivity index is 1.38. The number of aromatic amines is 1. The minimum atomic E-state index is -0.188. The number of nitrogens with two attached hydrogens (primary N) is 1. The molecule has 2 aliphatic rings. The number of nitrogen functional groups attached to an aromatic ring is 1. The molecule has 8 nitrogen and oxygen atoms in total. The average molecular weight is 375 g/mol. The Kier molecular flexibility index (Phi) is 5.61. The Morgan fingerprint density at radius 3 is 2.67 bits per heavy atom. The molecule has 3 heterocycles. The summed E-state index contributed by atoms with van der Waals surface area (Å²) in [5, 5.41) is 0. The lowest BCUT2D eigenvalue weighted by molar-refractivity contribution is 0.0631. The van der Waals surface area contributed by atoms with Gasteiger partial charge in [-0.3, -0.25) is 4.57 Å². The molecule has 0 bridgehead atoms. The smallest absolute Gasteiger partial charge is 0.327 e. The molecule has 1 saturated carbocycles. The number of hydrogen-bond acceptors (Lipinski definition) is 6. The van der Waals surface area contributed by atoms with Crippen molar-refractivity contribution in [1.29, 1.82) is 0 Å². The summed E-state index contributed by atoms with van der Waals surface area (Å²) in [5.74, 6) is 1.80. The molecule has 1 aliphatic heterocycles. The maximum Gasteiger partial charge on any atom is 0.327 e. The van der Waals surface area contributed by atoms with Crippen LogP contribution in [0.1, 0.15) is 51.4 Å². The summed E-state index contributed by atoms with van der Waals surface area (Å²) >= 11 is 0. The third-order valence-corrected chi connectivity index (χ3v) is 5.67. The summed E-state index contributed by atoms with van der Waals surface area (Å²) in [6.45, 7) is 2.98. The van der Waals surface area contributed by atoms with Crippen molar-refractivity contribution >= 4 is 17.0 Å². The van der Waals surface area contributed by atoms with Crippen LogP contribution in [0.15, 0.2) is 4.79 Å².